The highest BCUT2D eigenvalue weighted by molar-refractivity contribution is 7.11. The lowest BCUT2D eigenvalue weighted by atomic mass is 10.2. The van der Waals surface area contributed by atoms with E-state index in [1.54, 1.807) is 11.3 Å². The molecule has 0 aliphatic carbocycles. The number of benzene rings is 1. The summed E-state index contributed by atoms with van der Waals surface area (Å²) in [7, 11) is 0. The molecule has 1 N–H and O–H groups in total. The van der Waals surface area contributed by atoms with Crippen LogP contribution in [0.1, 0.15) is 35.5 Å². The van der Waals surface area contributed by atoms with Crippen LogP contribution in [0.5, 0.6) is 0 Å². The maximum absolute atomic E-state index is 5.87. The van der Waals surface area contributed by atoms with Gasteiger partial charge in [-0.05, 0) is 25.5 Å². The second kappa shape index (κ2) is 5.77. The molecule has 0 saturated heterocycles. The van der Waals surface area contributed by atoms with E-state index in [1.807, 2.05) is 24.4 Å². The molecule has 0 amide bonds. The van der Waals surface area contributed by atoms with Crippen LogP contribution in [0.4, 0.5) is 0 Å². The molecule has 3 nitrogen and oxygen atoms in total. The third kappa shape index (κ3) is 2.76. The van der Waals surface area contributed by atoms with Crippen LogP contribution >= 0.6 is 11.3 Å². The summed E-state index contributed by atoms with van der Waals surface area (Å²) < 4.78 is 5.87. The first-order chi connectivity index (χ1) is 9.76. The van der Waals surface area contributed by atoms with Gasteiger partial charge >= 0.3 is 0 Å². The fraction of sp³-hybridized carbons (Fsp3) is 0.312. The van der Waals surface area contributed by atoms with Gasteiger partial charge in [0.25, 0.3) is 0 Å². The van der Waals surface area contributed by atoms with E-state index in [0.717, 1.165) is 34.7 Å². The zero-order valence-electron chi connectivity index (χ0n) is 11.7. The number of rotatable bonds is 5. The maximum Gasteiger partial charge on any atom is 0.134 e. The molecular weight excluding hydrogens is 268 g/mol. The minimum absolute atomic E-state index is 0.177. The van der Waals surface area contributed by atoms with Gasteiger partial charge in [-0.15, -0.1) is 11.3 Å². The number of hydrogen-bond acceptors (Lipinski definition) is 4. The number of para-hydroxylation sites is 1. The number of furan rings is 1. The molecule has 20 heavy (non-hydrogen) atoms. The van der Waals surface area contributed by atoms with Gasteiger partial charge < -0.3 is 9.73 Å². The van der Waals surface area contributed by atoms with E-state index in [4.69, 9.17) is 4.42 Å². The average molecular weight is 286 g/mol. The number of fused-ring (bicyclic) bond motifs is 1. The Bertz CT molecular complexity index is 668. The molecule has 3 aromatic rings. The van der Waals surface area contributed by atoms with Crippen molar-refractivity contribution in [3.8, 4) is 0 Å². The van der Waals surface area contributed by atoms with Crippen LogP contribution in [0.15, 0.2) is 40.9 Å². The number of aryl methyl sites for hydroxylation is 1. The zero-order chi connectivity index (χ0) is 13.9. The van der Waals surface area contributed by atoms with E-state index in [2.05, 4.69) is 36.3 Å². The van der Waals surface area contributed by atoms with Gasteiger partial charge in [-0.25, -0.2) is 4.98 Å². The first-order valence-corrected chi connectivity index (χ1v) is 7.73. The highest BCUT2D eigenvalue weighted by atomic mass is 32.1. The Labute approximate surface area is 122 Å². The van der Waals surface area contributed by atoms with E-state index in [0.29, 0.717) is 0 Å². The summed E-state index contributed by atoms with van der Waals surface area (Å²) in [5, 5.41) is 5.75. The Morgan fingerprint density at radius 2 is 2.20 bits per heavy atom. The third-order valence-corrected chi connectivity index (χ3v) is 4.52. The lowest BCUT2D eigenvalue weighted by Crippen LogP contribution is -2.17. The van der Waals surface area contributed by atoms with Crippen LogP contribution in [0, 0.1) is 0 Å². The SMILES string of the molecule is CCc1cnc(CNC(C)c2cc3ccccc3o2)s1. The lowest BCUT2D eigenvalue weighted by molar-refractivity contribution is 0.450. The van der Waals surface area contributed by atoms with Gasteiger partial charge in [0.1, 0.15) is 16.4 Å². The largest absolute Gasteiger partial charge is 0.459 e. The minimum Gasteiger partial charge on any atom is -0.459 e. The number of thiazole rings is 1. The quantitative estimate of drug-likeness (QED) is 0.760. The van der Waals surface area contributed by atoms with E-state index >= 15 is 0 Å². The molecule has 3 rings (SSSR count). The molecule has 0 spiro atoms. The first kappa shape index (κ1) is 13.3. The van der Waals surface area contributed by atoms with Crippen LogP contribution in [-0.4, -0.2) is 4.98 Å². The molecule has 104 valence electrons. The molecule has 0 fully saturated rings. The van der Waals surface area contributed by atoms with Gasteiger partial charge in [-0.3, -0.25) is 0 Å². The Hall–Kier alpha value is -1.65. The van der Waals surface area contributed by atoms with Gasteiger partial charge in [0.2, 0.25) is 0 Å². The average Bonchev–Trinajstić information content (AvgIpc) is 3.10. The Morgan fingerprint density at radius 1 is 1.35 bits per heavy atom. The van der Waals surface area contributed by atoms with Crippen LogP contribution < -0.4 is 5.32 Å². The Kier molecular flexibility index (Phi) is 3.85. The summed E-state index contributed by atoms with van der Waals surface area (Å²) in [6.45, 7) is 5.05. The highest BCUT2D eigenvalue weighted by Crippen LogP contribution is 2.24. The molecule has 1 atom stereocenters. The van der Waals surface area contributed by atoms with E-state index < -0.39 is 0 Å². The predicted molar refractivity (Wildman–Crippen MR) is 83.0 cm³/mol. The number of nitrogens with zero attached hydrogens (tertiary/aromatic N) is 1. The van der Waals surface area contributed by atoms with Crippen molar-refractivity contribution in [1.29, 1.82) is 0 Å². The zero-order valence-corrected chi connectivity index (χ0v) is 12.5. The minimum atomic E-state index is 0.177. The summed E-state index contributed by atoms with van der Waals surface area (Å²) in [4.78, 5) is 5.75. The number of aromatic nitrogens is 1. The molecule has 0 aliphatic heterocycles. The van der Waals surface area contributed by atoms with Crippen molar-refractivity contribution in [2.45, 2.75) is 32.9 Å². The fourth-order valence-corrected chi connectivity index (χ4v) is 2.96. The lowest BCUT2D eigenvalue weighted by Gasteiger charge is -2.09. The van der Waals surface area contributed by atoms with Crippen molar-refractivity contribution in [3.63, 3.8) is 0 Å². The van der Waals surface area contributed by atoms with Gasteiger partial charge in [0.05, 0.1) is 6.04 Å². The molecule has 1 unspecified atom stereocenters. The molecular formula is C16H18N2OS. The summed E-state index contributed by atoms with van der Waals surface area (Å²) in [5.41, 5.74) is 0.943. The molecule has 0 saturated carbocycles. The number of nitrogens with one attached hydrogen (secondary N) is 1. The highest BCUT2D eigenvalue weighted by Gasteiger charge is 2.11. The van der Waals surface area contributed by atoms with E-state index in [9.17, 15) is 0 Å². The smallest absolute Gasteiger partial charge is 0.134 e. The topological polar surface area (TPSA) is 38.1 Å². The predicted octanol–water partition coefficient (Wildman–Crippen LogP) is 4.30. The molecule has 1 aromatic carbocycles. The first-order valence-electron chi connectivity index (χ1n) is 6.91. The summed E-state index contributed by atoms with van der Waals surface area (Å²) in [6, 6.07) is 10.4. The monoisotopic (exact) mass is 286 g/mol. The Balaban J connectivity index is 1.67. The van der Waals surface area contributed by atoms with Crippen molar-refractivity contribution in [3.05, 3.63) is 52.2 Å². The van der Waals surface area contributed by atoms with Crippen molar-refractivity contribution < 1.29 is 4.42 Å². The van der Waals surface area contributed by atoms with Crippen LogP contribution in [0.2, 0.25) is 0 Å². The van der Waals surface area contributed by atoms with Crippen molar-refractivity contribution >= 4 is 22.3 Å². The van der Waals surface area contributed by atoms with Crippen LogP contribution in [-0.2, 0) is 13.0 Å². The van der Waals surface area contributed by atoms with Gasteiger partial charge in [-0.1, -0.05) is 25.1 Å². The molecule has 2 heterocycles. The Morgan fingerprint density at radius 3 is 2.95 bits per heavy atom. The third-order valence-electron chi connectivity index (χ3n) is 3.38. The molecule has 0 aliphatic rings. The normalized spacial score (nSPS) is 12.9. The summed E-state index contributed by atoms with van der Waals surface area (Å²) in [5.74, 6) is 0.971. The molecule has 0 bridgehead atoms. The number of hydrogen-bond donors (Lipinski definition) is 1. The fourth-order valence-electron chi connectivity index (χ4n) is 2.15. The van der Waals surface area contributed by atoms with Gasteiger partial charge in [0, 0.05) is 23.0 Å². The van der Waals surface area contributed by atoms with Crippen molar-refractivity contribution in [2.24, 2.45) is 0 Å². The van der Waals surface area contributed by atoms with Crippen molar-refractivity contribution in [2.75, 3.05) is 0 Å². The molecule has 4 heteroatoms. The second-order valence-corrected chi connectivity index (χ2v) is 6.06. The van der Waals surface area contributed by atoms with Gasteiger partial charge in [-0.2, -0.15) is 0 Å². The van der Waals surface area contributed by atoms with Crippen molar-refractivity contribution in [1.82, 2.24) is 10.3 Å². The van der Waals surface area contributed by atoms with E-state index in [1.165, 1.54) is 4.88 Å². The van der Waals surface area contributed by atoms with E-state index in [-0.39, 0.29) is 6.04 Å². The maximum atomic E-state index is 5.87. The van der Waals surface area contributed by atoms with Gasteiger partial charge in [0.15, 0.2) is 0 Å². The van der Waals surface area contributed by atoms with Crippen LogP contribution in [0.25, 0.3) is 11.0 Å². The molecule has 2 aromatic heterocycles. The molecule has 0 radical (unpaired) electrons. The second-order valence-electron chi connectivity index (χ2n) is 4.86. The van der Waals surface area contributed by atoms with Crippen LogP contribution in [0.3, 0.4) is 0 Å². The standard InChI is InChI=1S/C16H18N2OS/c1-3-13-9-18-16(20-13)10-17-11(2)15-8-12-6-4-5-7-14(12)19-15/h4-9,11,17H,3,10H2,1-2H3. The summed E-state index contributed by atoms with van der Waals surface area (Å²) in [6.07, 6.45) is 3.02. The summed E-state index contributed by atoms with van der Waals surface area (Å²) >= 11 is 1.77.